The monoisotopic (exact) mass is 608 g/mol. The highest BCUT2D eigenvalue weighted by atomic mass is 16.5. The number of fused-ring (bicyclic) bond motifs is 1. The van der Waals surface area contributed by atoms with Gasteiger partial charge in [-0.25, -0.2) is 9.59 Å². The molecule has 238 valence electrons. The van der Waals surface area contributed by atoms with E-state index in [9.17, 15) is 9.59 Å². The minimum absolute atomic E-state index is 0.413. The number of carbonyl (C=O) groups excluding carboxylic acids is 2. The Labute approximate surface area is 268 Å². The summed E-state index contributed by atoms with van der Waals surface area (Å²) in [6, 6.07) is 25.6. The molecule has 5 nitrogen and oxygen atoms in total. The normalized spacial score (nSPS) is 11.0. The lowest BCUT2D eigenvalue weighted by atomic mass is 10.0. The molecule has 0 aliphatic rings. The van der Waals surface area contributed by atoms with Gasteiger partial charge in [-0.05, 0) is 96.3 Å². The number of carbonyl (C=O) groups is 2. The van der Waals surface area contributed by atoms with Crippen LogP contribution < -0.4 is 14.2 Å². The summed E-state index contributed by atoms with van der Waals surface area (Å²) in [6.07, 6.45) is 16.0. The Morgan fingerprint density at radius 1 is 0.489 bits per heavy atom. The molecule has 0 atom stereocenters. The topological polar surface area (TPSA) is 61.8 Å². The molecule has 0 saturated heterocycles. The van der Waals surface area contributed by atoms with Crippen molar-refractivity contribution >= 4 is 22.7 Å². The third kappa shape index (κ3) is 11.4. The lowest BCUT2D eigenvalue weighted by molar-refractivity contribution is 0.0725. The van der Waals surface area contributed by atoms with Crippen LogP contribution in [-0.2, 0) is 6.42 Å². The van der Waals surface area contributed by atoms with Gasteiger partial charge in [0, 0.05) is 0 Å². The molecule has 0 amide bonds. The number of esters is 2. The zero-order valence-electron chi connectivity index (χ0n) is 27.0. The van der Waals surface area contributed by atoms with Crippen LogP contribution in [0.3, 0.4) is 0 Å². The fourth-order valence-electron chi connectivity index (χ4n) is 5.34. The van der Waals surface area contributed by atoms with E-state index >= 15 is 0 Å². The Morgan fingerprint density at radius 3 is 1.47 bits per heavy atom. The van der Waals surface area contributed by atoms with E-state index in [2.05, 4.69) is 13.8 Å². The molecule has 0 spiro atoms. The standard InChI is InChI=1S/C40H48O5/c1-3-5-7-9-11-13-15-31-16-22-37(23-17-31)44-39(41)34-20-18-33-30-35(21-19-32(33)29-34)40(42)45-38-26-24-36(25-27-38)43-28-14-12-10-8-6-4-2/h16-27,29-30H,3-15,28H2,1-2H3. The van der Waals surface area contributed by atoms with Crippen molar-refractivity contribution in [2.75, 3.05) is 6.61 Å². The van der Waals surface area contributed by atoms with Crippen molar-refractivity contribution in [2.45, 2.75) is 97.3 Å². The van der Waals surface area contributed by atoms with Crippen LogP contribution in [0.2, 0.25) is 0 Å². The molecule has 0 heterocycles. The van der Waals surface area contributed by atoms with Gasteiger partial charge in [-0.2, -0.15) is 0 Å². The Balaban J connectivity index is 1.24. The predicted octanol–water partition coefficient (Wildman–Crippen LogP) is 10.9. The van der Waals surface area contributed by atoms with E-state index < -0.39 is 11.9 Å². The summed E-state index contributed by atoms with van der Waals surface area (Å²) in [5, 5.41) is 1.67. The molecule has 4 aromatic rings. The second-order valence-corrected chi connectivity index (χ2v) is 11.8. The van der Waals surface area contributed by atoms with Crippen molar-refractivity contribution in [1.29, 1.82) is 0 Å². The Kier molecular flexibility index (Phi) is 14.0. The lowest BCUT2D eigenvalue weighted by Crippen LogP contribution is -2.09. The summed E-state index contributed by atoms with van der Waals surface area (Å²) in [6.45, 7) is 5.15. The first-order chi connectivity index (χ1) is 22.1. The molecule has 0 N–H and O–H groups in total. The van der Waals surface area contributed by atoms with Gasteiger partial charge < -0.3 is 14.2 Å². The molecule has 0 aromatic heterocycles. The Morgan fingerprint density at radius 2 is 0.933 bits per heavy atom. The summed E-state index contributed by atoms with van der Waals surface area (Å²) < 4.78 is 17.1. The molecule has 5 heteroatoms. The molecule has 45 heavy (non-hydrogen) atoms. The quantitative estimate of drug-likeness (QED) is 0.0602. The molecule has 4 rings (SSSR count). The smallest absolute Gasteiger partial charge is 0.343 e. The van der Waals surface area contributed by atoms with E-state index in [0.29, 0.717) is 29.2 Å². The van der Waals surface area contributed by atoms with Gasteiger partial charge in [0.15, 0.2) is 0 Å². The SMILES string of the molecule is CCCCCCCCOc1ccc(OC(=O)c2ccc3cc(C(=O)Oc4ccc(CCCCCCCC)cc4)ccc3c2)cc1. The van der Waals surface area contributed by atoms with Gasteiger partial charge in [-0.15, -0.1) is 0 Å². The zero-order valence-corrected chi connectivity index (χ0v) is 27.0. The average molecular weight is 609 g/mol. The van der Waals surface area contributed by atoms with E-state index in [-0.39, 0.29) is 0 Å². The van der Waals surface area contributed by atoms with Crippen LogP contribution in [0.1, 0.15) is 117 Å². The molecule has 4 aromatic carbocycles. The molecule has 0 unspecified atom stereocenters. The van der Waals surface area contributed by atoms with Gasteiger partial charge >= 0.3 is 11.9 Å². The van der Waals surface area contributed by atoms with Gasteiger partial charge in [0.1, 0.15) is 17.2 Å². The van der Waals surface area contributed by atoms with E-state index in [4.69, 9.17) is 14.2 Å². The first-order valence-corrected chi connectivity index (χ1v) is 16.9. The Hall–Kier alpha value is -4.12. The summed E-state index contributed by atoms with van der Waals surface area (Å²) in [7, 11) is 0. The second-order valence-electron chi connectivity index (χ2n) is 11.8. The van der Waals surface area contributed by atoms with Crippen LogP contribution in [0.5, 0.6) is 17.2 Å². The van der Waals surface area contributed by atoms with Gasteiger partial charge in [0.05, 0.1) is 17.7 Å². The fraction of sp³-hybridized carbons (Fsp3) is 0.400. The number of ether oxygens (including phenoxy) is 3. The third-order valence-electron chi connectivity index (χ3n) is 8.07. The molecule has 0 saturated carbocycles. The molecular formula is C40H48O5. The van der Waals surface area contributed by atoms with Crippen molar-refractivity contribution in [3.8, 4) is 17.2 Å². The predicted molar refractivity (Wildman–Crippen MR) is 183 cm³/mol. The van der Waals surface area contributed by atoms with E-state index in [1.165, 1.54) is 76.2 Å². The largest absolute Gasteiger partial charge is 0.494 e. The van der Waals surface area contributed by atoms with Gasteiger partial charge in [0.25, 0.3) is 0 Å². The van der Waals surface area contributed by atoms with Crippen LogP contribution in [0, 0.1) is 0 Å². The number of hydrogen-bond acceptors (Lipinski definition) is 5. The number of aryl methyl sites for hydroxylation is 1. The summed E-state index contributed by atoms with van der Waals surface area (Å²) in [5.41, 5.74) is 2.14. The first kappa shape index (κ1) is 33.8. The maximum absolute atomic E-state index is 12.9. The molecule has 0 radical (unpaired) electrons. The number of rotatable bonds is 19. The average Bonchev–Trinajstić information content (AvgIpc) is 3.07. The van der Waals surface area contributed by atoms with E-state index in [0.717, 1.165) is 29.4 Å². The summed E-state index contributed by atoms with van der Waals surface area (Å²) in [4.78, 5) is 25.7. The first-order valence-electron chi connectivity index (χ1n) is 16.9. The van der Waals surface area contributed by atoms with Crippen LogP contribution in [-0.4, -0.2) is 18.5 Å². The summed E-state index contributed by atoms with van der Waals surface area (Å²) in [5.74, 6) is 0.899. The summed E-state index contributed by atoms with van der Waals surface area (Å²) >= 11 is 0. The minimum atomic E-state index is -0.443. The van der Waals surface area contributed by atoms with Crippen LogP contribution >= 0.6 is 0 Å². The van der Waals surface area contributed by atoms with Crippen LogP contribution in [0.4, 0.5) is 0 Å². The molecule has 0 fully saturated rings. The van der Waals surface area contributed by atoms with Gasteiger partial charge in [0.2, 0.25) is 0 Å². The zero-order chi connectivity index (χ0) is 31.7. The van der Waals surface area contributed by atoms with Gasteiger partial charge in [-0.3, -0.25) is 0 Å². The van der Waals surface area contributed by atoms with Crippen molar-refractivity contribution in [3.05, 3.63) is 102 Å². The maximum Gasteiger partial charge on any atom is 0.343 e. The Bertz CT molecular complexity index is 1470. The molecule has 0 aliphatic heterocycles. The second kappa shape index (κ2) is 18.6. The van der Waals surface area contributed by atoms with Crippen LogP contribution in [0.15, 0.2) is 84.9 Å². The van der Waals surface area contributed by atoms with E-state index in [1.807, 2.05) is 48.5 Å². The fourth-order valence-corrected chi connectivity index (χ4v) is 5.34. The maximum atomic E-state index is 12.9. The molecule has 0 aliphatic carbocycles. The van der Waals surface area contributed by atoms with E-state index in [1.54, 1.807) is 36.4 Å². The van der Waals surface area contributed by atoms with Crippen molar-refractivity contribution in [2.24, 2.45) is 0 Å². The van der Waals surface area contributed by atoms with Crippen molar-refractivity contribution in [1.82, 2.24) is 0 Å². The minimum Gasteiger partial charge on any atom is -0.494 e. The highest BCUT2D eigenvalue weighted by Crippen LogP contribution is 2.23. The van der Waals surface area contributed by atoms with Crippen molar-refractivity contribution < 1.29 is 23.8 Å². The molecule has 0 bridgehead atoms. The van der Waals surface area contributed by atoms with Crippen molar-refractivity contribution in [3.63, 3.8) is 0 Å². The highest BCUT2D eigenvalue weighted by molar-refractivity contribution is 6.00. The third-order valence-corrected chi connectivity index (χ3v) is 8.07. The number of benzene rings is 4. The highest BCUT2D eigenvalue weighted by Gasteiger charge is 2.13. The number of unbranched alkanes of at least 4 members (excludes halogenated alkanes) is 10. The lowest BCUT2D eigenvalue weighted by Gasteiger charge is -2.09. The molecular weight excluding hydrogens is 560 g/mol. The van der Waals surface area contributed by atoms with Gasteiger partial charge in [-0.1, -0.05) is 102 Å². The van der Waals surface area contributed by atoms with Crippen LogP contribution in [0.25, 0.3) is 10.8 Å². The number of hydrogen-bond donors (Lipinski definition) is 0.